The first kappa shape index (κ1) is 35.5. The third-order valence-electron chi connectivity index (χ3n) is 8.78. The number of sulfonamides is 1. The molecular formula is C38H41Cl2N3O4S. The lowest BCUT2D eigenvalue weighted by Crippen LogP contribution is -2.55. The summed E-state index contributed by atoms with van der Waals surface area (Å²) in [5, 5.41) is 3.63. The number of carbonyl (C=O) groups is 2. The number of benzene rings is 4. The lowest BCUT2D eigenvalue weighted by molar-refractivity contribution is -0.140. The molecule has 1 saturated carbocycles. The highest BCUT2D eigenvalue weighted by Crippen LogP contribution is 2.31. The van der Waals surface area contributed by atoms with Gasteiger partial charge in [-0.25, -0.2) is 8.42 Å². The number of nitrogens with one attached hydrogen (secondary N) is 1. The van der Waals surface area contributed by atoms with Crippen LogP contribution >= 0.6 is 23.2 Å². The summed E-state index contributed by atoms with van der Waals surface area (Å²) >= 11 is 12.6. The Morgan fingerprint density at radius 1 is 0.792 bits per heavy atom. The molecule has 5 rings (SSSR count). The maximum Gasteiger partial charge on any atom is 0.264 e. The van der Waals surface area contributed by atoms with Gasteiger partial charge in [-0.2, -0.15) is 0 Å². The fraction of sp³-hybridized carbons (Fsp3) is 0.316. The van der Waals surface area contributed by atoms with Crippen LogP contribution in [0.1, 0.15) is 54.4 Å². The van der Waals surface area contributed by atoms with Crippen LogP contribution in [0.15, 0.2) is 102 Å². The van der Waals surface area contributed by atoms with Gasteiger partial charge < -0.3 is 10.2 Å². The smallest absolute Gasteiger partial charge is 0.264 e. The van der Waals surface area contributed by atoms with Crippen LogP contribution in [-0.2, 0) is 32.6 Å². The first-order valence-corrected chi connectivity index (χ1v) is 18.4. The number of aryl methyl sites for hydroxylation is 2. The Morgan fingerprint density at radius 2 is 1.42 bits per heavy atom. The van der Waals surface area contributed by atoms with Crippen molar-refractivity contribution >= 4 is 50.7 Å². The molecule has 10 heteroatoms. The highest BCUT2D eigenvalue weighted by atomic mass is 35.5. The Labute approximate surface area is 293 Å². The maximum atomic E-state index is 14.7. The number of nitrogens with zero attached hydrogens (tertiary/aromatic N) is 2. The van der Waals surface area contributed by atoms with Gasteiger partial charge in [0.25, 0.3) is 10.0 Å². The number of anilines is 1. The topological polar surface area (TPSA) is 86.8 Å². The number of hydrogen-bond acceptors (Lipinski definition) is 4. The lowest BCUT2D eigenvalue weighted by Gasteiger charge is -2.35. The maximum absolute atomic E-state index is 14.7. The Hall–Kier alpha value is -3.85. The van der Waals surface area contributed by atoms with Crippen LogP contribution in [0.2, 0.25) is 10.0 Å². The van der Waals surface area contributed by atoms with E-state index in [1.165, 1.54) is 35.2 Å². The van der Waals surface area contributed by atoms with Crippen LogP contribution in [0.3, 0.4) is 0 Å². The molecule has 1 atom stereocenters. The fourth-order valence-electron chi connectivity index (χ4n) is 5.99. The molecule has 4 aromatic rings. The van der Waals surface area contributed by atoms with E-state index in [1.807, 2.05) is 68.4 Å². The summed E-state index contributed by atoms with van der Waals surface area (Å²) in [6, 6.07) is 27.3. The average Bonchev–Trinajstić information content (AvgIpc) is 3.08. The van der Waals surface area contributed by atoms with Gasteiger partial charge in [-0.05, 0) is 68.1 Å². The zero-order chi connectivity index (χ0) is 34.3. The molecule has 2 amide bonds. The Kier molecular flexibility index (Phi) is 11.8. The first-order chi connectivity index (χ1) is 23.0. The molecule has 0 aromatic heterocycles. The molecule has 0 radical (unpaired) electrons. The molecule has 1 N–H and O–H groups in total. The zero-order valence-corrected chi connectivity index (χ0v) is 29.6. The predicted molar refractivity (Wildman–Crippen MR) is 193 cm³/mol. The minimum absolute atomic E-state index is 0.0212. The van der Waals surface area contributed by atoms with Crippen molar-refractivity contribution < 1.29 is 18.0 Å². The van der Waals surface area contributed by atoms with Crippen molar-refractivity contribution in [3.05, 3.63) is 129 Å². The van der Waals surface area contributed by atoms with Crippen molar-refractivity contribution in [3.8, 4) is 0 Å². The Morgan fingerprint density at radius 3 is 2.04 bits per heavy atom. The lowest BCUT2D eigenvalue weighted by atomic mass is 9.94. The van der Waals surface area contributed by atoms with E-state index in [2.05, 4.69) is 5.32 Å². The van der Waals surface area contributed by atoms with Gasteiger partial charge in [0.05, 0.1) is 20.6 Å². The molecule has 0 saturated heterocycles. The predicted octanol–water partition coefficient (Wildman–Crippen LogP) is 7.89. The first-order valence-electron chi connectivity index (χ1n) is 16.2. The van der Waals surface area contributed by atoms with Crippen LogP contribution in [0, 0.1) is 13.8 Å². The van der Waals surface area contributed by atoms with Crippen molar-refractivity contribution in [2.24, 2.45) is 0 Å². The SMILES string of the molecule is Cc1ccc(CN(C(=O)CN(c2ccc(Cl)c(Cl)c2)S(=O)(=O)c2ccc(C)cc2)[C@H](Cc2ccccc2)C(=O)NC2CCCCC2)cc1. The van der Waals surface area contributed by atoms with Gasteiger partial charge >= 0.3 is 0 Å². The number of halogens is 2. The van der Waals surface area contributed by atoms with E-state index >= 15 is 0 Å². The third-order valence-corrected chi connectivity index (χ3v) is 11.3. The van der Waals surface area contributed by atoms with Crippen LogP contribution in [-0.4, -0.2) is 43.8 Å². The molecule has 0 aliphatic heterocycles. The summed E-state index contributed by atoms with van der Waals surface area (Å²) < 4.78 is 29.5. The molecular weight excluding hydrogens is 665 g/mol. The quantitative estimate of drug-likeness (QED) is 0.162. The minimum atomic E-state index is -4.25. The number of hydrogen-bond donors (Lipinski definition) is 1. The minimum Gasteiger partial charge on any atom is -0.352 e. The van der Waals surface area contributed by atoms with Crippen LogP contribution in [0.25, 0.3) is 0 Å². The zero-order valence-electron chi connectivity index (χ0n) is 27.2. The molecule has 0 bridgehead atoms. The van der Waals surface area contributed by atoms with Crippen molar-refractivity contribution in [1.82, 2.24) is 10.2 Å². The van der Waals surface area contributed by atoms with Crippen molar-refractivity contribution in [2.45, 2.75) is 75.9 Å². The monoisotopic (exact) mass is 705 g/mol. The number of carbonyl (C=O) groups excluding carboxylic acids is 2. The van der Waals surface area contributed by atoms with E-state index < -0.39 is 28.5 Å². The molecule has 0 heterocycles. The second-order valence-corrected chi connectivity index (χ2v) is 15.2. The molecule has 48 heavy (non-hydrogen) atoms. The summed E-state index contributed by atoms with van der Waals surface area (Å²) in [6.07, 6.45) is 5.24. The normalized spacial score (nSPS) is 14.2. The van der Waals surface area contributed by atoms with Crippen molar-refractivity contribution in [2.75, 3.05) is 10.8 Å². The largest absolute Gasteiger partial charge is 0.352 e. The van der Waals surface area contributed by atoms with E-state index in [1.54, 1.807) is 12.1 Å². The second-order valence-electron chi connectivity index (χ2n) is 12.5. The van der Waals surface area contributed by atoms with Gasteiger partial charge in [0.1, 0.15) is 12.6 Å². The molecule has 0 spiro atoms. The van der Waals surface area contributed by atoms with E-state index in [9.17, 15) is 18.0 Å². The van der Waals surface area contributed by atoms with Crippen molar-refractivity contribution in [3.63, 3.8) is 0 Å². The van der Waals surface area contributed by atoms with Crippen molar-refractivity contribution in [1.29, 1.82) is 0 Å². The van der Waals surface area contributed by atoms with Crippen LogP contribution in [0.5, 0.6) is 0 Å². The summed E-state index contributed by atoms with van der Waals surface area (Å²) in [5.41, 5.74) is 3.84. The summed E-state index contributed by atoms with van der Waals surface area (Å²) in [5.74, 6) is -0.786. The molecule has 4 aromatic carbocycles. The standard InChI is InChI=1S/C38H41Cl2N3O4S/c1-27-13-17-30(18-14-27)25-42(36(23-29-9-5-3-6-10-29)38(45)41-31-11-7-4-8-12-31)37(44)26-43(32-19-22-34(39)35(40)24-32)48(46,47)33-20-15-28(2)16-21-33/h3,5-6,9-10,13-22,24,31,36H,4,7-8,11-12,23,25-26H2,1-2H3,(H,41,45)/t36-/m1/s1. The van der Waals surface area contributed by atoms with E-state index in [0.29, 0.717) is 0 Å². The molecule has 252 valence electrons. The fourth-order valence-corrected chi connectivity index (χ4v) is 7.69. The number of rotatable bonds is 12. The van der Waals surface area contributed by atoms with Gasteiger partial charge in [-0.3, -0.25) is 13.9 Å². The van der Waals surface area contributed by atoms with Gasteiger partial charge in [-0.1, -0.05) is 120 Å². The Bertz CT molecular complexity index is 1810. The summed E-state index contributed by atoms with van der Waals surface area (Å²) in [7, 11) is -4.25. The van der Waals surface area contributed by atoms with Crippen LogP contribution < -0.4 is 9.62 Å². The average molecular weight is 707 g/mol. The molecule has 1 aliphatic rings. The van der Waals surface area contributed by atoms with E-state index in [-0.39, 0.29) is 45.5 Å². The van der Waals surface area contributed by atoms with E-state index in [0.717, 1.165) is 58.7 Å². The van der Waals surface area contributed by atoms with Gasteiger partial charge in [0.2, 0.25) is 11.8 Å². The molecule has 1 aliphatic carbocycles. The molecule has 7 nitrogen and oxygen atoms in total. The molecule has 0 unspecified atom stereocenters. The van der Waals surface area contributed by atoms with Gasteiger partial charge in [0.15, 0.2) is 0 Å². The highest BCUT2D eigenvalue weighted by Gasteiger charge is 2.35. The molecule has 1 fully saturated rings. The number of amides is 2. The van der Waals surface area contributed by atoms with E-state index in [4.69, 9.17) is 23.2 Å². The van der Waals surface area contributed by atoms with Crippen LogP contribution in [0.4, 0.5) is 5.69 Å². The van der Waals surface area contributed by atoms with Gasteiger partial charge in [0, 0.05) is 19.0 Å². The van der Waals surface area contributed by atoms with Gasteiger partial charge in [-0.15, -0.1) is 0 Å². The Balaban J connectivity index is 1.57. The highest BCUT2D eigenvalue weighted by molar-refractivity contribution is 7.92. The summed E-state index contributed by atoms with van der Waals surface area (Å²) in [4.78, 5) is 30.5. The summed E-state index contributed by atoms with van der Waals surface area (Å²) in [6.45, 7) is 3.38. The third kappa shape index (κ3) is 8.98. The second kappa shape index (κ2) is 16.0.